The van der Waals surface area contributed by atoms with Gasteiger partial charge in [-0.05, 0) is 43.6 Å². The molecule has 1 aliphatic heterocycles. The van der Waals surface area contributed by atoms with E-state index in [-0.39, 0.29) is 11.9 Å². The van der Waals surface area contributed by atoms with Crippen LogP contribution in [0.15, 0.2) is 30.3 Å². The van der Waals surface area contributed by atoms with Gasteiger partial charge in [0.25, 0.3) is 5.91 Å². The van der Waals surface area contributed by atoms with Crippen molar-refractivity contribution >= 4 is 17.2 Å². The number of likely N-dealkylation sites (tertiary alicyclic amines) is 1. The predicted octanol–water partition coefficient (Wildman–Crippen LogP) is 4.03. The molecule has 1 saturated heterocycles. The van der Waals surface area contributed by atoms with Crippen LogP contribution in [0.25, 0.3) is 10.4 Å². The zero-order valence-corrected chi connectivity index (χ0v) is 15.8. The number of rotatable bonds is 4. The Hall–Kier alpha value is -1.72. The summed E-state index contributed by atoms with van der Waals surface area (Å²) in [4.78, 5) is 21.6. The smallest absolute Gasteiger partial charge is 0.274 e. The molecule has 2 aliphatic carbocycles. The highest BCUT2D eigenvalue weighted by Gasteiger charge is 2.46. The zero-order chi connectivity index (χ0) is 17.7. The summed E-state index contributed by atoms with van der Waals surface area (Å²) in [5.41, 5.74) is 7.81. The SMILES string of the molecule is NC[C@@H]1C[C@@H]2CCC[C@@H]2N1C(=O)c1nc(C2CC2)sc1-c1ccccc1. The molecule has 4 nitrogen and oxygen atoms in total. The van der Waals surface area contributed by atoms with Gasteiger partial charge < -0.3 is 10.6 Å². The van der Waals surface area contributed by atoms with Gasteiger partial charge in [-0.15, -0.1) is 11.3 Å². The Bertz CT molecular complexity index is 814. The molecule has 3 fully saturated rings. The normalized spacial score (nSPS) is 27.7. The van der Waals surface area contributed by atoms with E-state index in [4.69, 9.17) is 10.7 Å². The van der Waals surface area contributed by atoms with Crippen LogP contribution in [0.2, 0.25) is 0 Å². The summed E-state index contributed by atoms with van der Waals surface area (Å²) in [5, 5.41) is 1.14. The number of amides is 1. The number of hydrogen-bond acceptors (Lipinski definition) is 4. The fraction of sp³-hybridized carbons (Fsp3) is 0.524. The van der Waals surface area contributed by atoms with Crippen LogP contribution in [-0.2, 0) is 0 Å². The second kappa shape index (κ2) is 6.46. The molecule has 2 aromatic rings. The van der Waals surface area contributed by atoms with Crippen LogP contribution in [-0.4, -0.2) is 34.4 Å². The molecule has 5 heteroatoms. The Morgan fingerprint density at radius 1 is 1.19 bits per heavy atom. The molecule has 1 amide bonds. The molecule has 5 rings (SSSR count). The number of aromatic nitrogens is 1. The summed E-state index contributed by atoms with van der Waals surface area (Å²) in [5.74, 6) is 1.30. The molecule has 0 bridgehead atoms. The Kier molecular flexibility index (Phi) is 4.09. The second-order valence-electron chi connectivity index (χ2n) is 7.97. The van der Waals surface area contributed by atoms with Crippen LogP contribution in [0.3, 0.4) is 0 Å². The molecule has 3 atom stereocenters. The molecule has 136 valence electrons. The van der Waals surface area contributed by atoms with E-state index >= 15 is 0 Å². The molecule has 2 N–H and O–H groups in total. The van der Waals surface area contributed by atoms with Gasteiger partial charge in [0.1, 0.15) is 5.69 Å². The van der Waals surface area contributed by atoms with E-state index in [1.165, 1.54) is 25.7 Å². The molecule has 2 heterocycles. The van der Waals surface area contributed by atoms with Crippen molar-refractivity contribution in [1.29, 1.82) is 0 Å². The minimum atomic E-state index is 0.108. The first-order valence-electron chi connectivity index (χ1n) is 9.85. The first kappa shape index (κ1) is 16.5. The zero-order valence-electron chi connectivity index (χ0n) is 14.9. The molecule has 1 aromatic carbocycles. The number of hydrogen-bond donors (Lipinski definition) is 1. The van der Waals surface area contributed by atoms with E-state index in [9.17, 15) is 4.79 Å². The minimum Gasteiger partial charge on any atom is -0.330 e. The van der Waals surface area contributed by atoms with Crippen LogP contribution < -0.4 is 5.73 Å². The summed E-state index contributed by atoms with van der Waals surface area (Å²) in [6.45, 7) is 0.555. The molecule has 1 aromatic heterocycles. The van der Waals surface area contributed by atoms with Gasteiger partial charge in [0, 0.05) is 24.5 Å². The van der Waals surface area contributed by atoms with Crippen molar-refractivity contribution in [2.75, 3.05) is 6.54 Å². The van der Waals surface area contributed by atoms with Gasteiger partial charge in [0.05, 0.1) is 9.88 Å². The van der Waals surface area contributed by atoms with Gasteiger partial charge in [-0.25, -0.2) is 4.98 Å². The van der Waals surface area contributed by atoms with Crippen molar-refractivity contribution in [1.82, 2.24) is 9.88 Å². The minimum absolute atomic E-state index is 0.108. The van der Waals surface area contributed by atoms with Crippen molar-refractivity contribution in [2.45, 2.75) is 56.5 Å². The Balaban J connectivity index is 1.55. The Morgan fingerprint density at radius 2 is 2.00 bits per heavy atom. The van der Waals surface area contributed by atoms with Crippen LogP contribution in [0, 0.1) is 5.92 Å². The van der Waals surface area contributed by atoms with Crippen LogP contribution in [0.1, 0.15) is 59.9 Å². The highest BCUT2D eigenvalue weighted by molar-refractivity contribution is 7.15. The van der Waals surface area contributed by atoms with E-state index in [2.05, 4.69) is 17.0 Å². The third-order valence-electron chi connectivity index (χ3n) is 6.26. The van der Waals surface area contributed by atoms with Crippen LogP contribution in [0.4, 0.5) is 0 Å². The topological polar surface area (TPSA) is 59.2 Å². The lowest BCUT2D eigenvalue weighted by atomic mass is 10.0. The number of carbonyl (C=O) groups excluding carboxylic acids is 1. The summed E-state index contributed by atoms with van der Waals surface area (Å²) in [6.07, 6.45) is 7.05. The monoisotopic (exact) mass is 367 g/mol. The quantitative estimate of drug-likeness (QED) is 0.887. The second-order valence-corrected chi connectivity index (χ2v) is 9.00. The van der Waals surface area contributed by atoms with Crippen LogP contribution in [0.5, 0.6) is 0 Å². The van der Waals surface area contributed by atoms with Gasteiger partial charge >= 0.3 is 0 Å². The summed E-state index contributed by atoms with van der Waals surface area (Å²) >= 11 is 1.71. The highest BCUT2D eigenvalue weighted by atomic mass is 32.1. The van der Waals surface area contributed by atoms with Gasteiger partial charge in [-0.1, -0.05) is 36.8 Å². The summed E-state index contributed by atoms with van der Waals surface area (Å²) < 4.78 is 0. The van der Waals surface area contributed by atoms with Crippen molar-refractivity contribution in [2.24, 2.45) is 11.7 Å². The average molecular weight is 368 g/mol. The van der Waals surface area contributed by atoms with Gasteiger partial charge in [-0.3, -0.25) is 4.79 Å². The maximum atomic E-state index is 13.6. The highest BCUT2D eigenvalue weighted by Crippen LogP contribution is 2.46. The fourth-order valence-corrected chi connectivity index (χ4v) is 6.04. The molecule has 3 aliphatic rings. The van der Waals surface area contributed by atoms with E-state index in [1.54, 1.807) is 11.3 Å². The van der Waals surface area contributed by atoms with E-state index in [0.29, 0.717) is 30.1 Å². The third-order valence-corrected chi connectivity index (χ3v) is 7.53. The van der Waals surface area contributed by atoms with Gasteiger partial charge in [0.15, 0.2) is 0 Å². The standard InChI is InChI=1S/C21H25N3OS/c22-12-16-11-15-7-4-8-17(15)24(16)21(25)18-19(13-5-2-1-3-6-13)26-20(23-18)14-9-10-14/h1-3,5-6,14-17H,4,7-12,22H2/t15-,16-,17-/m0/s1. The van der Waals surface area contributed by atoms with Crippen LogP contribution >= 0.6 is 11.3 Å². The first-order valence-corrected chi connectivity index (χ1v) is 10.7. The van der Waals surface area contributed by atoms with E-state index in [0.717, 1.165) is 28.3 Å². The lowest BCUT2D eigenvalue weighted by Crippen LogP contribution is -2.44. The molecule has 26 heavy (non-hydrogen) atoms. The van der Waals surface area contributed by atoms with Crippen molar-refractivity contribution in [3.8, 4) is 10.4 Å². The third kappa shape index (κ3) is 2.69. The fourth-order valence-electron chi connectivity index (χ4n) is 4.81. The molecular weight excluding hydrogens is 342 g/mol. The number of fused-ring (bicyclic) bond motifs is 1. The lowest BCUT2D eigenvalue weighted by Gasteiger charge is -2.29. The summed E-state index contributed by atoms with van der Waals surface area (Å²) in [7, 11) is 0. The molecule has 2 saturated carbocycles. The van der Waals surface area contributed by atoms with E-state index in [1.807, 2.05) is 18.2 Å². The maximum absolute atomic E-state index is 13.6. The average Bonchev–Trinajstić information content (AvgIpc) is 3.12. The molecule has 0 radical (unpaired) electrons. The van der Waals surface area contributed by atoms with Crippen molar-refractivity contribution in [3.63, 3.8) is 0 Å². The van der Waals surface area contributed by atoms with Crippen molar-refractivity contribution < 1.29 is 4.79 Å². The number of thiazole rings is 1. The summed E-state index contributed by atoms with van der Waals surface area (Å²) in [6, 6.07) is 10.8. The number of nitrogens with two attached hydrogens (primary N) is 1. The Labute approximate surface area is 158 Å². The maximum Gasteiger partial charge on any atom is 0.274 e. The molecular formula is C21H25N3OS. The van der Waals surface area contributed by atoms with Crippen molar-refractivity contribution in [3.05, 3.63) is 41.0 Å². The molecule has 0 spiro atoms. The van der Waals surface area contributed by atoms with Gasteiger partial charge in [-0.2, -0.15) is 0 Å². The van der Waals surface area contributed by atoms with Gasteiger partial charge in [0.2, 0.25) is 0 Å². The Morgan fingerprint density at radius 3 is 2.73 bits per heavy atom. The lowest BCUT2D eigenvalue weighted by molar-refractivity contribution is 0.0660. The van der Waals surface area contributed by atoms with E-state index < -0.39 is 0 Å². The predicted molar refractivity (Wildman–Crippen MR) is 104 cm³/mol. The first-order chi connectivity index (χ1) is 12.8. The number of benzene rings is 1. The largest absolute Gasteiger partial charge is 0.330 e. The number of nitrogens with zero attached hydrogens (tertiary/aromatic N) is 2. The molecule has 0 unspecified atom stereocenters. The number of carbonyl (C=O) groups is 1.